The summed E-state index contributed by atoms with van der Waals surface area (Å²) in [6.45, 7) is 7.93. The fourth-order valence-corrected chi connectivity index (χ4v) is 2.25. The SMILES string of the molecule is CCc1cccc(OCC(=O)N(CC(C)C(=O)OC)C(C)C)c1. The monoisotopic (exact) mass is 321 g/mol. The third-order valence-electron chi connectivity index (χ3n) is 3.69. The van der Waals surface area contributed by atoms with Crippen molar-refractivity contribution >= 4 is 11.9 Å². The Balaban J connectivity index is 2.65. The summed E-state index contributed by atoms with van der Waals surface area (Å²) in [5, 5.41) is 0. The van der Waals surface area contributed by atoms with E-state index in [1.165, 1.54) is 7.11 Å². The van der Waals surface area contributed by atoms with E-state index in [9.17, 15) is 9.59 Å². The minimum Gasteiger partial charge on any atom is -0.484 e. The standard InChI is InChI=1S/C18H27NO4/c1-6-15-8-7-9-16(10-15)23-12-17(20)19(13(2)3)11-14(4)18(21)22-5/h7-10,13-14H,6,11-12H2,1-5H3. The van der Waals surface area contributed by atoms with Crippen molar-refractivity contribution in [3.05, 3.63) is 29.8 Å². The second-order valence-electron chi connectivity index (χ2n) is 5.85. The van der Waals surface area contributed by atoms with Crippen LogP contribution in [0.5, 0.6) is 5.75 Å². The van der Waals surface area contributed by atoms with Crippen LogP contribution in [0, 0.1) is 5.92 Å². The van der Waals surface area contributed by atoms with Crippen LogP contribution in [0.4, 0.5) is 0 Å². The van der Waals surface area contributed by atoms with E-state index in [0.717, 1.165) is 12.0 Å². The summed E-state index contributed by atoms with van der Waals surface area (Å²) in [6, 6.07) is 7.69. The van der Waals surface area contributed by atoms with Gasteiger partial charge in [0, 0.05) is 12.6 Å². The normalized spacial score (nSPS) is 11.9. The summed E-state index contributed by atoms with van der Waals surface area (Å²) < 4.78 is 10.3. The lowest BCUT2D eigenvalue weighted by Crippen LogP contribution is -2.44. The van der Waals surface area contributed by atoms with Crippen LogP contribution in [0.2, 0.25) is 0 Å². The maximum Gasteiger partial charge on any atom is 0.310 e. The number of benzene rings is 1. The number of carbonyl (C=O) groups excluding carboxylic acids is 2. The fraction of sp³-hybridized carbons (Fsp3) is 0.556. The van der Waals surface area contributed by atoms with E-state index in [2.05, 4.69) is 6.92 Å². The number of esters is 1. The maximum atomic E-state index is 12.4. The maximum absolute atomic E-state index is 12.4. The van der Waals surface area contributed by atoms with Gasteiger partial charge in [-0.2, -0.15) is 0 Å². The predicted molar refractivity (Wildman–Crippen MR) is 89.3 cm³/mol. The fourth-order valence-electron chi connectivity index (χ4n) is 2.25. The van der Waals surface area contributed by atoms with Crippen molar-refractivity contribution in [3.63, 3.8) is 0 Å². The van der Waals surface area contributed by atoms with Gasteiger partial charge in [0.2, 0.25) is 0 Å². The number of aryl methyl sites for hydroxylation is 1. The summed E-state index contributed by atoms with van der Waals surface area (Å²) in [5.41, 5.74) is 1.16. The summed E-state index contributed by atoms with van der Waals surface area (Å²) in [5.74, 6) is -0.144. The van der Waals surface area contributed by atoms with Crippen LogP contribution >= 0.6 is 0 Å². The van der Waals surface area contributed by atoms with Crippen molar-refractivity contribution in [3.8, 4) is 5.75 Å². The first-order chi connectivity index (χ1) is 10.9. The first kappa shape index (κ1) is 19.0. The van der Waals surface area contributed by atoms with Gasteiger partial charge in [0.15, 0.2) is 6.61 Å². The molecule has 0 bridgehead atoms. The van der Waals surface area contributed by atoms with Gasteiger partial charge in [-0.15, -0.1) is 0 Å². The van der Waals surface area contributed by atoms with Crippen LogP contribution in [0.15, 0.2) is 24.3 Å². The van der Waals surface area contributed by atoms with Gasteiger partial charge in [0.25, 0.3) is 5.91 Å². The van der Waals surface area contributed by atoms with Gasteiger partial charge >= 0.3 is 5.97 Å². The molecule has 0 aliphatic heterocycles. The van der Waals surface area contributed by atoms with Crippen LogP contribution < -0.4 is 4.74 Å². The molecular formula is C18H27NO4. The average molecular weight is 321 g/mol. The molecule has 128 valence electrons. The number of carbonyl (C=O) groups is 2. The highest BCUT2D eigenvalue weighted by atomic mass is 16.5. The summed E-state index contributed by atoms with van der Waals surface area (Å²) in [6.07, 6.45) is 0.917. The number of hydrogen-bond donors (Lipinski definition) is 0. The highest BCUT2D eigenvalue weighted by Gasteiger charge is 2.23. The van der Waals surface area contributed by atoms with Gasteiger partial charge in [-0.1, -0.05) is 26.0 Å². The summed E-state index contributed by atoms with van der Waals surface area (Å²) >= 11 is 0. The molecule has 1 unspecified atom stereocenters. The van der Waals surface area contributed by atoms with Crippen molar-refractivity contribution in [1.29, 1.82) is 0 Å². The Labute approximate surface area is 138 Å². The molecule has 0 saturated carbocycles. The molecule has 0 aliphatic rings. The van der Waals surface area contributed by atoms with Crippen molar-refractivity contribution in [2.75, 3.05) is 20.3 Å². The van der Waals surface area contributed by atoms with E-state index in [1.54, 1.807) is 11.8 Å². The van der Waals surface area contributed by atoms with Gasteiger partial charge in [0.05, 0.1) is 13.0 Å². The molecule has 0 heterocycles. The number of nitrogens with zero attached hydrogens (tertiary/aromatic N) is 1. The van der Waals surface area contributed by atoms with Crippen LogP contribution in [-0.2, 0) is 20.7 Å². The average Bonchev–Trinajstić information content (AvgIpc) is 2.56. The van der Waals surface area contributed by atoms with E-state index in [-0.39, 0.29) is 30.4 Å². The quantitative estimate of drug-likeness (QED) is 0.691. The highest BCUT2D eigenvalue weighted by molar-refractivity contribution is 5.79. The first-order valence-electron chi connectivity index (χ1n) is 7.98. The Hall–Kier alpha value is -2.04. The minimum atomic E-state index is -0.366. The zero-order valence-corrected chi connectivity index (χ0v) is 14.7. The first-order valence-corrected chi connectivity index (χ1v) is 7.98. The molecule has 0 aliphatic carbocycles. The Bertz CT molecular complexity index is 528. The van der Waals surface area contributed by atoms with Gasteiger partial charge in [0.1, 0.15) is 5.75 Å². The Morgan fingerprint density at radius 1 is 1.22 bits per heavy atom. The Kier molecular flexibility index (Phi) is 7.59. The topological polar surface area (TPSA) is 55.8 Å². The Morgan fingerprint density at radius 3 is 2.48 bits per heavy atom. The molecule has 1 atom stereocenters. The molecule has 23 heavy (non-hydrogen) atoms. The minimum absolute atomic E-state index is 0.0137. The van der Waals surface area contributed by atoms with Gasteiger partial charge in [-0.05, 0) is 38.0 Å². The molecule has 0 N–H and O–H groups in total. The van der Waals surface area contributed by atoms with Crippen molar-refractivity contribution in [2.24, 2.45) is 5.92 Å². The molecule has 0 fully saturated rings. The zero-order valence-electron chi connectivity index (χ0n) is 14.7. The summed E-state index contributed by atoms with van der Waals surface area (Å²) in [7, 11) is 1.35. The van der Waals surface area contributed by atoms with Crippen molar-refractivity contribution in [2.45, 2.75) is 40.2 Å². The largest absolute Gasteiger partial charge is 0.484 e. The predicted octanol–water partition coefficient (Wildman–Crippen LogP) is 2.67. The molecule has 1 rings (SSSR count). The molecular weight excluding hydrogens is 294 g/mol. The molecule has 5 nitrogen and oxygen atoms in total. The lowest BCUT2D eigenvalue weighted by atomic mass is 10.1. The molecule has 1 aromatic carbocycles. The molecule has 5 heteroatoms. The van der Waals surface area contributed by atoms with Crippen LogP contribution in [0.25, 0.3) is 0 Å². The van der Waals surface area contributed by atoms with Crippen LogP contribution in [0.3, 0.4) is 0 Å². The molecule has 0 radical (unpaired) electrons. The van der Waals surface area contributed by atoms with Gasteiger partial charge in [-0.25, -0.2) is 0 Å². The van der Waals surface area contributed by atoms with Gasteiger partial charge in [-0.3, -0.25) is 9.59 Å². The lowest BCUT2D eigenvalue weighted by Gasteiger charge is -2.28. The second kappa shape index (κ2) is 9.18. The van der Waals surface area contributed by atoms with E-state index in [4.69, 9.17) is 9.47 Å². The molecule has 0 saturated heterocycles. The smallest absolute Gasteiger partial charge is 0.310 e. The number of rotatable bonds is 8. The lowest BCUT2D eigenvalue weighted by molar-refractivity contribution is -0.147. The van der Waals surface area contributed by atoms with E-state index in [0.29, 0.717) is 12.3 Å². The molecule has 1 amide bonds. The number of hydrogen-bond acceptors (Lipinski definition) is 4. The molecule has 0 spiro atoms. The van der Waals surface area contributed by atoms with Crippen LogP contribution in [0.1, 0.15) is 33.3 Å². The molecule has 0 aromatic heterocycles. The third-order valence-corrected chi connectivity index (χ3v) is 3.69. The second-order valence-corrected chi connectivity index (χ2v) is 5.85. The van der Waals surface area contributed by atoms with Gasteiger partial charge < -0.3 is 14.4 Å². The van der Waals surface area contributed by atoms with Crippen molar-refractivity contribution < 1.29 is 19.1 Å². The van der Waals surface area contributed by atoms with E-state index >= 15 is 0 Å². The van der Waals surface area contributed by atoms with E-state index in [1.807, 2.05) is 38.1 Å². The number of ether oxygens (including phenoxy) is 2. The van der Waals surface area contributed by atoms with Crippen molar-refractivity contribution in [1.82, 2.24) is 4.90 Å². The summed E-state index contributed by atoms with van der Waals surface area (Å²) in [4.78, 5) is 25.6. The molecule has 1 aromatic rings. The third kappa shape index (κ3) is 5.93. The zero-order chi connectivity index (χ0) is 17.4. The van der Waals surface area contributed by atoms with E-state index < -0.39 is 0 Å². The number of amides is 1. The highest BCUT2D eigenvalue weighted by Crippen LogP contribution is 2.14. The number of methoxy groups -OCH3 is 1. The van der Waals surface area contributed by atoms with Crippen LogP contribution in [-0.4, -0.2) is 43.1 Å². The Morgan fingerprint density at radius 2 is 1.91 bits per heavy atom.